The lowest BCUT2D eigenvalue weighted by molar-refractivity contribution is -0.187. The van der Waals surface area contributed by atoms with Gasteiger partial charge in [0.2, 0.25) is 5.91 Å². The molecule has 0 aromatic heterocycles. The maximum absolute atomic E-state index is 13.8. The minimum atomic E-state index is -1.41. The van der Waals surface area contributed by atoms with Gasteiger partial charge in [0, 0.05) is 32.9 Å². The molecule has 0 saturated carbocycles. The average molecular weight is 632 g/mol. The van der Waals surface area contributed by atoms with Crippen LogP contribution >= 0.6 is 11.6 Å². The minimum absolute atomic E-state index is 0.00601. The normalized spacial score (nSPS) is 33.3. The molecule has 3 aliphatic heterocycles. The van der Waals surface area contributed by atoms with Crippen LogP contribution in [0.15, 0.2) is 35.9 Å². The summed E-state index contributed by atoms with van der Waals surface area (Å²) in [5.74, 6) is 0.465. The van der Waals surface area contributed by atoms with Gasteiger partial charge in [-0.3, -0.25) is 9.59 Å². The Morgan fingerprint density at radius 3 is 2.61 bits per heavy atom. The number of allylic oxidation sites excluding steroid dienone is 3. The van der Waals surface area contributed by atoms with Gasteiger partial charge in [-0.2, -0.15) is 0 Å². The van der Waals surface area contributed by atoms with E-state index in [1.165, 1.54) is 7.11 Å². The second-order valence-corrected chi connectivity index (χ2v) is 13.8. The van der Waals surface area contributed by atoms with E-state index in [9.17, 15) is 14.7 Å². The van der Waals surface area contributed by atoms with Crippen LogP contribution < -0.4 is 9.64 Å². The summed E-state index contributed by atoms with van der Waals surface area (Å²) in [6.07, 6.45) is 9.10. The predicted octanol–water partition coefficient (Wildman–Crippen LogP) is 6.45. The van der Waals surface area contributed by atoms with Gasteiger partial charge in [-0.15, -0.1) is 0 Å². The first-order valence-electron chi connectivity index (χ1n) is 15.9. The summed E-state index contributed by atoms with van der Waals surface area (Å²) in [6.45, 7) is 8.45. The number of fused-ring (bicyclic) bond motifs is 5. The van der Waals surface area contributed by atoms with E-state index < -0.39 is 23.8 Å². The van der Waals surface area contributed by atoms with E-state index in [4.69, 9.17) is 30.5 Å². The molecule has 4 rings (SSSR count). The fourth-order valence-corrected chi connectivity index (χ4v) is 7.04. The minimum Gasteiger partial charge on any atom is -0.495 e. The van der Waals surface area contributed by atoms with Gasteiger partial charge in [-0.25, -0.2) is 0 Å². The zero-order valence-corrected chi connectivity index (χ0v) is 28.1. The molecule has 1 N–H and O–H groups in total. The summed E-state index contributed by atoms with van der Waals surface area (Å²) in [5, 5.41) is 12.1. The van der Waals surface area contributed by atoms with Crippen molar-refractivity contribution in [3.8, 4) is 5.75 Å². The van der Waals surface area contributed by atoms with Gasteiger partial charge in [0.05, 0.1) is 31.4 Å². The molecule has 44 heavy (non-hydrogen) atoms. The first kappa shape index (κ1) is 34.5. The van der Waals surface area contributed by atoms with Gasteiger partial charge in [-0.05, 0) is 49.3 Å². The van der Waals surface area contributed by atoms with E-state index >= 15 is 0 Å². The van der Waals surface area contributed by atoms with E-state index in [1.54, 1.807) is 25.1 Å². The molecule has 3 aliphatic rings. The lowest BCUT2D eigenvalue weighted by atomic mass is 9.79. The SMILES string of the molecule is COc1cc2cc(c1Cl)N(C)C(=O)C[C@H](CCCCC(C)C)[C@@H]1O[C@H]1[C@H](C)[C@@H]1C[C@@](O)(CC(=O)O1)[C@H](OC)/C=C/C=C(\C)C2. The molecular weight excluding hydrogens is 582 g/mol. The van der Waals surface area contributed by atoms with E-state index in [0.29, 0.717) is 35.2 Å². The Bertz CT molecular complexity index is 1250. The third kappa shape index (κ3) is 8.25. The summed E-state index contributed by atoms with van der Waals surface area (Å²) in [6, 6.07) is 3.84. The molecule has 0 radical (unpaired) electrons. The van der Waals surface area contributed by atoms with E-state index in [-0.39, 0.29) is 42.8 Å². The van der Waals surface area contributed by atoms with Crippen molar-refractivity contribution in [1.82, 2.24) is 0 Å². The molecule has 1 aromatic carbocycles. The molecule has 3 heterocycles. The number of aliphatic hydroxyl groups is 1. The first-order valence-corrected chi connectivity index (χ1v) is 16.3. The molecule has 4 bridgehead atoms. The molecule has 9 heteroatoms. The number of carbonyl (C=O) groups is 2. The number of anilines is 1. The second kappa shape index (κ2) is 14.8. The van der Waals surface area contributed by atoms with Crippen LogP contribution in [0.4, 0.5) is 5.69 Å². The van der Waals surface area contributed by atoms with Crippen molar-refractivity contribution in [3.63, 3.8) is 0 Å². The Morgan fingerprint density at radius 2 is 1.93 bits per heavy atom. The van der Waals surface area contributed by atoms with Crippen LogP contribution in [0.25, 0.3) is 0 Å². The van der Waals surface area contributed by atoms with Crippen LogP contribution in [0.5, 0.6) is 5.75 Å². The fourth-order valence-electron chi connectivity index (χ4n) is 6.73. The number of nitrogens with zero attached hydrogens (tertiary/aromatic N) is 1. The molecule has 1 aromatic rings. The van der Waals surface area contributed by atoms with E-state index in [0.717, 1.165) is 36.8 Å². The number of esters is 1. The van der Waals surface area contributed by atoms with E-state index in [2.05, 4.69) is 13.8 Å². The van der Waals surface area contributed by atoms with Crippen molar-refractivity contribution < 1.29 is 33.6 Å². The molecule has 8 nitrogen and oxygen atoms in total. The standard InChI is InChI=1S/C35H50ClNO7/c1-21(2)11-8-9-13-25-18-30(38)37(5)26-16-24(17-27(41-6)32(26)36)15-22(3)12-10-14-29(42-7)35(40)19-28(43-31(39)20-35)23(4)33-34(25)44-33/h10,12,14,16-17,21,23,25,28-29,33-34,40H,8-9,11,13,15,18-20H2,1-7H3/b14-10+,22-12+/t23-,25+,28+,29-,33+,34+,35-/m1/s1. The third-order valence-corrected chi connectivity index (χ3v) is 9.81. The van der Waals surface area contributed by atoms with Gasteiger partial charge in [0.15, 0.2) is 0 Å². The van der Waals surface area contributed by atoms with Gasteiger partial charge >= 0.3 is 5.97 Å². The molecule has 0 spiro atoms. The number of hydrogen-bond donors (Lipinski definition) is 1. The number of amides is 1. The average Bonchev–Trinajstić information content (AvgIpc) is 3.76. The number of hydrogen-bond acceptors (Lipinski definition) is 7. The number of benzene rings is 1. The summed E-state index contributed by atoms with van der Waals surface area (Å²) in [7, 11) is 4.87. The second-order valence-electron chi connectivity index (χ2n) is 13.4. The van der Waals surface area contributed by atoms with Gasteiger partial charge in [-0.1, -0.05) is 75.4 Å². The van der Waals surface area contributed by atoms with Crippen molar-refractivity contribution >= 4 is 29.2 Å². The van der Waals surface area contributed by atoms with Crippen molar-refractivity contribution in [2.45, 2.75) is 109 Å². The Labute approximate surface area is 267 Å². The van der Waals surface area contributed by atoms with Crippen LogP contribution in [0.1, 0.15) is 78.2 Å². The first-order chi connectivity index (χ1) is 20.9. The highest BCUT2D eigenvalue weighted by Gasteiger charge is 2.54. The quantitative estimate of drug-likeness (QED) is 0.210. The third-order valence-electron chi connectivity index (χ3n) is 9.43. The van der Waals surface area contributed by atoms with Crippen molar-refractivity contribution in [1.29, 1.82) is 0 Å². The van der Waals surface area contributed by atoms with Gasteiger partial charge in [0.1, 0.15) is 28.6 Å². The van der Waals surface area contributed by atoms with Crippen LogP contribution in [-0.2, 0) is 30.2 Å². The number of carbonyl (C=O) groups excluding carboxylic acids is 2. The fraction of sp³-hybridized carbons (Fsp3) is 0.657. The maximum atomic E-state index is 13.8. The molecule has 0 unspecified atom stereocenters. The number of methoxy groups -OCH3 is 2. The number of ether oxygens (including phenoxy) is 4. The summed E-state index contributed by atoms with van der Waals surface area (Å²) < 4.78 is 23.4. The molecule has 1 amide bonds. The summed E-state index contributed by atoms with van der Waals surface area (Å²) >= 11 is 6.75. The van der Waals surface area contributed by atoms with Crippen molar-refractivity contribution in [2.24, 2.45) is 17.8 Å². The molecular formula is C35H50ClNO7. The molecule has 0 aliphatic carbocycles. The lowest BCUT2D eigenvalue weighted by Crippen LogP contribution is -2.53. The molecule has 2 saturated heterocycles. The van der Waals surface area contributed by atoms with Crippen LogP contribution in [0.3, 0.4) is 0 Å². The van der Waals surface area contributed by atoms with Crippen molar-refractivity contribution in [3.05, 3.63) is 46.5 Å². The smallest absolute Gasteiger partial charge is 0.309 e. The highest BCUT2D eigenvalue weighted by molar-refractivity contribution is 6.35. The van der Waals surface area contributed by atoms with Crippen LogP contribution in [0.2, 0.25) is 5.02 Å². The highest BCUT2D eigenvalue weighted by atomic mass is 35.5. The number of rotatable bonds is 7. The Balaban J connectivity index is 1.71. The number of unbranched alkanes of at least 4 members (excludes halogenated alkanes) is 1. The number of halogens is 1. The summed E-state index contributed by atoms with van der Waals surface area (Å²) in [4.78, 5) is 28.2. The maximum Gasteiger partial charge on any atom is 0.309 e. The van der Waals surface area contributed by atoms with Crippen LogP contribution in [0, 0.1) is 17.8 Å². The largest absolute Gasteiger partial charge is 0.495 e. The van der Waals surface area contributed by atoms with E-state index in [1.807, 2.05) is 38.1 Å². The Morgan fingerprint density at radius 1 is 1.18 bits per heavy atom. The monoisotopic (exact) mass is 631 g/mol. The zero-order valence-electron chi connectivity index (χ0n) is 27.3. The zero-order chi connectivity index (χ0) is 32.2. The topological polar surface area (TPSA) is 97.8 Å². The lowest BCUT2D eigenvalue weighted by Gasteiger charge is -2.41. The van der Waals surface area contributed by atoms with Crippen molar-refractivity contribution in [2.75, 3.05) is 26.2 Å². The molecule has 244 valence electrons. The van der Waals surface area contributed by atoms with Crippen LogP contribution in [-0.4, -0.2) is 68.3 Å². The predicted molar refractivity (Wildman–Crippen MR) is 172 cm³/mol. The Kier molecular flexibility index (Phi) is 11.6. The highest BCUT2D eigenvalue weighted by Crippen LogP contribution is 2.45. The summed E-state index contributed by atoms with van der Waals surface area (Å²) in [5.41, 5.74) is 1.18. The number of epoxide rings is 1. The Hall–Kier alpha value is -2.39. The van der Waals surface area contributed by atoms with Gasteiger partial charge in [0.25, 0.3) is 0 Å². The molecule has 2 fully saturated rings. The molecule has 7 atom stereocenters. The van der Waals surface area contributed by atoms with Gasteiger partial charge < -0.3 is 29.0 Å².